The van der Waals surface area contributed by atoms with Crippen LogP contribution in [0.5, 0.6) is 0 Å². The van der Waals surface area contributed by atoms with Crippen LogP contribution >= 0.6 is 11.6 Å². The standard InChI is InChI=1S/C19H13ClN6O3/c20-12-7-4-8-13(9-12)26-18(27)15-16(19(26)28)25(24-22-15)10-14-21-17(23-29-14)11-5-2-1-3-6-11/h1-9,15-16H,10H2. The maximum absolute atomic E-state index is 13.0. The number of anilines is 1. The molecule has 2 atom stereocenters. The van der Waals surface area contributed by atoms with Crippen molar-refractivity contribution in [3.63, 3.8) is 0 Å². The summed E-state index contributed by atoms with van der Waals surface area (Å²) >= 11 is 6.00. The van der Waals surface area contributed by atoms with E-state index in [2.05, 4.69) is 20.5 Å². The smallest absolute Gasteiger partial charge is 0.263 e. The lowest BCUT2D eigenvalue weighted by Gasteiger charge is -2.19. The summed E-state index contributed by atoms with van der Waals surface area (Å²) in [4.78, 5) is 31.1. The minimum atomic E-state index is -0.905. The van der Waals surface area contributed by atoms with Gasteiger partial charge in [0.1, 0.15) is 6.54 Å². The van der Waals surface area contributed by atoms with Gasteiger partial charge in [-0.15, -0.1) is 0 Å². The number of imide groups is 1. The summed E-state index contributed by atoms with van der Waals surface area (Å²) in [6, 6.07) is 14.2. The third kappa shape index (κ3) is 2.95. The molecule has 0 radical (unpaired) electrons. The summed E-state index contributed by atoms with van der Waals surface area (Å²) in [7, 11) is 0. The van der Waals surface area contributed by atoms with Gasteiger partial charge in [-0.2, -0.15) is 10.1 Å². The van der Waals surface area contributed by atoms with Crippen molar-refractivity contribution in [1.82, 2.24) is 15.1 Å². The van der Waals surface area contributed by atoms with Gasteiger partial charge in [0.05, 0.1) is 5.69 Å². The molecular weight excluding hydrogens is 396 g/mol. The highest BCUT2D eigenvalue weighted by Crippen LogP contribution is 2.33. The second-order valence-electron chi connectivity index (χ2n) is 6.56. The van der Waals surface area contributed by atoms with Gasteiger partial charge in [-0.25, -0.2) is 4.90 Å². The molecule has 2 aliphatic rings. The van der Waals surface area contributed by atoms with Crippen LogP contribution in [0.25, 0.3) is 11.4 Å². The summed E-state index contributed by atoms with van der Waals surface area (Å²) in [5, 5.41) is 13.8. The van der Waals surface area contributed by atoms with Crippen LogP contribution in [-0.2, 0) is 16.1 Å². The van der Waals surface area contributed by atoms with Crippen LogP contribution in [0.2, 0.25) is 5.02 Å². The van der Waals surface area contributed by atoms with Crippen LogP contribution in [0, 0.1) is 0 Å². The second kappa shape index (κ2) is 6.78. The van der Waals surface area contributed by atoms with Gasteiger partial charge in [-0.3, -0.25) is 14.6 Å². The monoisotopic (exact) mass is 408 g/mol. The van der Waals surface area contributed by atoms with Crippen molar-refractivity contribution in [3.8, 4) is 11.4 Å². The molecule has 2 unspecified atom stereocenters. The average Bonchev–Trinajstić information content (AvgIpc) is 3.41. The topological polar surface area (TPSA) is 104 Å². The van der Waals surface area contributed by atoms with Gasteiger partial charge in [0.25, 0.3) is 11.8 Å². The third-order valence-electron chi connectivity index (χ3n) is 4.72. The Morgan fingerprint density at radius 2 is 1.86 bits per heavy atom. The number of benzene rings is 2. The molecule has 0 aliphatic carbocycles. The predicted octanol–water partition coefficient (Wildman–Crippen LogP) is 2.88. The molecule has 9 nitrogen and oxygen atoms in total. The zero-order chi connectivity index (χ0) is 20.0. The maximum atomic E-state index is 13.0. The quantitative estimate of drug-likeness (QED) is 0.615. The molecule has 0 saturated carbocycles. The summed E-state index contributed by atoms with van der Waals surface area (Å²) < 4.78 is 5.29. The zero-order valence-corrected chi connectivity index (χ0v) is 15.6. The molecule has 3 aromatic rings. The van der Waals surface area contributed by atoms with Crippen LogP contribution < -0.4 is 4.90 Å². The van der Waals surface area contributed by atoms with E-state index in [1.807, 2.05) is 30.3 Å². The van der Waals surface area contributed by atoms with Gasteiger partial charge in [-0.1, -0.05) is 58.4 Å². The number of fused-ring (bicyclic) bond motifs is 1. The first-order valence-corrected chi connectivity index (χ1v) is 9.18. The number of halogens is 1. The molecule has 2 aliphatic heterocycles. The highest BCUT2D eigenvalue weighted by Gasteiger charge is 2.55. The van der Waals surface area contributed by atoms with Crippen molar-refractivity contribution in [2.24, 2.45) is 10.3 Å². The minimum absolute atomic E-state index is 0.0624. The van der Waals surface area contributed by atoms with E-state index in [4.69, 9.17) is 16.1 Å². The van der Waals surface area contributed by atoms with Crippen molar-refractivity contribution in [2.75, 3.05) is 4.90 Å². The molecule has 2 amide bonds. The van der Waals surface area contributed by atoms with E-state index in [0.29, 0.717) is 16.5 Å². The molecule has 2 aromatic carbocycles. The van der Waals surface area contributed by atoms with E-state index < -0.39 is 23.9 Å². The first kappa shape index (κ1) is 17.5. The predicted molar refractivity (Wildman–Crippen MR) is 102 cm³/mol. The molecule has 10 heteroatoms. The van der Waals surface area contributed by atoms with E-state index in [0.717, 1.165) is 10.5 Å². The fraction of sp³-hybridized carbons (Fsp3) is 0.158. The number of hydrogen-bond acceptors (Lipinski definition) is 8. The largest absolute Gasteiger partial charge is 0.337 e. The molecule has 1 saturated heterocycles. The lowest BCUT2D eigenvalue weighted by Crippen LogP contribution is -2.39. The molecule has 5 rings (SSSR count). The Bertz CT molecular complexity index is 1130. The third-order valence-corrected chi connectivity index (χ3v) is 4.96. The molecular formula is C19H13ClN6O3. The molecule has 3 heterocycles. The fourth-order valence-corrected chi connectivity index (χ4v) is 3.57. The summed E-state index contributed by atoms with van der Waals surface area (Å²) in [6.45, 7) is 0.0624. The number of hydrogen-bond donors (Lipinski definition) is 0. The van der Waals surface area contributed by atoms with Gasteiger partial charge >= 0.3 is 0 Å². The molecule has 0 bridgehead atoms. The summed E-state index contributed by atoms with van der Waals surface area (Å²) in [5.41, 5.74) is 1.21. The first-order valence-electron chi connectivity index (χ1n) is 8.80. The van der Waals surface area contributed by atoms with E-state index in [9.17, 15) is 9.59 Å². The summed E-state index contributed by atoms with van der Waals surface area (Å²) in [5.74, 6) is -0.161. The van der Waals surface area contributed by atoms with Crippen molar-refractivity contribution >= 4 is 29.1 Å². The van der Waals surface area contributed by atoms with Crippen LogP contribution in [-0.4, -0.2) is 39.0 Å². The normalized spacial score (nSPS) is 20.6. The number of aromatic nitrogens is 2. The van der Waals surface area contributed by atoms with Crippen molar-refractivity contribution < 1.29 is 14.1 Å². The second-order valence-corrected chi connectivity index (χ2v) is 7.00. The van der Waals surface area contributed by atoms with Crippen molar-refractivity contribution in [2.45, 2.75) is 18.6 Å². The van der Waals surface area contributed by atoms with E-state index in [-0.39, 0.29) is 12.4 Å². The lowest BCUT2D eigenvalue weighted by molar-refractivity contribution is -0.123. The van der Waals surface area contributed by atoms with E-state index in [1.165, 1.54) is 5.01 Å². The van der Waals surface area contributed by atoms with E-state index in [1.54, 1.807) is 24.3 Å². The number of rotatable bonds is 4. The molecule has 144 valence electrons. The molecule has 29 heavy (non-hydrogen) atoms. The van der Waals surface area contributed by atoms with Gasteiger partial charge < -0.3 is 4.52 Å². The number of amides is 2. The first-order chi connectivity index (χ1) is 14.1. The Labute approximate surface area is 169 Å². The highest BCUT2D eigenvalue weighted by atomic mass is 35.5. The molecule has 1 fully saturated rings. The Morgan fingerprint density at radius 1 is 1.03 bits per heavy atom. The van der Waals surface area contributed by atoms with Gasteiger partial charge in [0.15, 0.2) is 12.1 Å². The Kier molecular flexibility index (Phi) is 4.09. The minimum Gasteiger partial charge on any atom is -0.337 e. The van der Waals surface area contributed by atoms with Gasteiger partial charge in [0, 0.05) is 10.6 Å². The average molecular weight is 409 g/mol. The maximum Gasteiger partial charge on any atom is 0.263 e. The number of carbonyl (C=O) groups is 2. The highest BCUT2D eigenvalue weighted by molar-refractivity contribution is 6.31. The van der Waals surface area contributed by atoms with Crippen LogP contribution in [0.4, 0.5) is 5.69 Å². The summed E-state index contributed by atoms with van der Waals surface area (Å²) in [6.07, 6.45) is 0. The number of nitrogens with zero attached hydrogens (tertiary/aromatic N) is 6. The SMILES string of the molecule is O=C1C2N=NN(Cc3nc(-c4ccccc4)no3)C2C(=O)N1c1cccc(Cl)c1. The van der Waals surface area contributed by atoms with Crippen molar-refractivity contribution in [3.05, 3.63) is 65.5 Å². The Morgan fingerprint density at radius 3 is 2.66 bits per heavy atom. The molecule has 0 spiro atoms. The van der Waals surface area contributed by atoms with Crippen LogP contribution in [0.15, 0.2) is 69.5 Å². The number of carbonyl (C=O) groups excluding carboxylic acids is 2. The molecule has 1 aromatic heterocycles. The van der Waals surface area contributed by atoms with Crippen molar-refractivity contribution in [1.29, 1.82) is 0 Å². The van der Waals surface area contributed by atoms with E-state index >= 15 is 0 Å². The van der Waals surface area contributed by atoms with Gasteiger partial charge in [0.2, 0.25) is 11.7 Å². The Hall–Kier alpha value is -3.59. The fourth-order valence-electron chi connectivity index (χ4n) is 3.39. The Balaban J connectivity index is 1.38. The molecule has 0 N–H and O–H groups in total. The zero-order valence-electron chi connectivity index (χ0n) is 14.8. The van der Waals surface area contributed by atoms with Crippen LogP contribution in [0.1, 0.15) is 5.89 Å². The lowest BCUT2D eigenvalue weighted by atomic mass is 10.1. The van der Waals surface area contributed by atoms with Crippen LogP contribution in [0.3, 0.4) is 0 Å². The van der Waals surface area contributed by atoms with Gasteiger partial charge in [-0.05, 0) is 18.2 Å².